The van der Waals surface area contributed by atoms with Gasteiger partial charge < -0.3 is 24.4 Å². The van der Waals surface area contributed by atoms with E-state index >= 15 is 0 Å². The lowest BCUT2D eigenvalue weighted by molar-refractivity contribution is 0.0732. The Morgan fingerprint density at radius 3 is 2.12 bits per heavy atom. The highest BCUT2D eigenvalue weighted by Crippen LogP contribution is 2.34. The largest absolute Gasteiger partial charge is 0.465 e. The number of benzene rings is 2. The number of fused-ring (bicyclic) bond motifs is 2. The van der Waals surface area contributed by atoms with Crippen LogP contribution in [0.2, 0.25) is 0 Å². The van der Waals surface area contributed by atoms with Crippen molar-refractivity contribution in [1.29, 1.82) is 0 Å². The van der Waals surface area contributed by atoms with E-state index in [1.54, 1.807) is 0 Å². The Bertz CT molecular complexity index is 1520. The molecule has 3 heterocycles. The first-order valence-corrected chi connectivity index (χ1v) is 15.7. The van der Waals surface area contributed by atoms with Gasteiger partial charge in [-0.15, -0.1) is 0 Å². The minimum atomic E-state index is -0.952. The molecule has 228 valence electrons. The Morgan fingerprint density at radius 2 is 1.44 bits per heavy atom. The van der Waals surface area contributed by atoms with E-state index < -0.39 is 6.09 Å². The molecule has 1 N–H and O–H groups in total. The van der Waals surface area contributed by atoms with E-state index in [-0.39, 0.29) is 18.4 Å². The molecule has 0 saturated heterocycles. The zero-order valence-electron chi connectivity index (χ0n) is 26.0. The summed E-state index contributed by atoms with van der Waals surface area (Å²) in [7, 11) is 1.96. The highest BCUT2D eigenvalue weighted by molar-refractivity contribution is 6.03. The molecule has 43 heavy (non-hydrogen) atoms. The van der Waals surface area contributed by atoms with E-state index in [1.165, 1.54) is 10.5 Å². The lowest BCUT2D eigenvalue weighted by Gasteiger charge is -2.31. The molecule has 0 saturated carbocycles. The van der Waals surface area contributed by atoms with Crippen LogP contribution in [-0.4, -0.2) is 68.5 Å². The maximum absolute atomic E-state index is 14.3. The van der Waals surface area contributed by atoms with Gasteiger partial charge in [0.25, 0.3) is 11.8 Å². The fraction of sp³-hybridized carbons (Fsp3) is 0.457. The van der Waals surface area contributed by atoms with Crippen LogP contribution in [0.3, 0.4) is 0 Å². The third-order valence-electron chi connectivity index (χ3n) is 9.16. The lowest BCUT2D eigenvalue weighted by Crippen LogP contribution is -2.37. The van der Waals surface area contributed by atoms with Crippen LogP contribution in [0.4, 0.5) is 4.79 Å². The predicted octanol–water partition coefficient (Wildman–Crippen LogP) is 6.28. The minimum Gasteiger partial charge on any atom is -0.465 e. The summed E-state index contributed by atoms with van der Waals surface area (Å²) in [5, 5.41) is 9.66. The monoisotopic (exact) mass is 584 g/mol. The van der Waals surface area contributed by atoms with Crippen molar-refractivity contribution in [1.82, 2.24) is 19.3 Å². The first-order valence-electron chi connectivity index (χ1n) is 15.7. The fourth-order valence-corrected chi connectivity index (χ4v) is 6.36. The number of aromatic nitrogens is 1. The van der Waals surface area contributed by atoms with Crippen molar-refractivity contribution in [2.75, 3.05) is 26.2 Å². The molecule has 0 unspecified atom stereocenters. The zero-order chi connectivity index (χ0) is 30.7. The van der Waals surface area contributed by atoms with Crippen molar-refractivity contribution in [3.05, 3.63) is 81.5 Å². The van der Waals surface area contributed by atoms with Crippen LogP contribution < -0.4 is 0 Å². The number of amides is 3. The maximum Gasteiger partial charge on any atom is 0.407 e. The number of hydrogen-bond donors (Lipinski definition) is 1. The summed E-state index contributed by atoms with van der Waals surface area (Å²) in [6.45, 7) is 9.54. The molecule has 2 aliphatic rings. The van der Waals surface area contributed by atoms with Gasteiger partial charge in [0.15, 0.2) is 0 Å². The van der Waals surface area contributed by atoms with Gasteiger partial charge in [0.05, 0.1) is 5.56 Å². The van der Waals surface area contributed by atoms with Gasteiger partial charge in [-0.05, 0) is 73.1 Å². The molecule has 0 bridgehead atoms. The smallest absolute Gasteiger partial charge is 0.407 e. The molecular weight excluding hydrogens is 540 g/mol. The van der Waals surface area contributed by atoms with Crippen LogP contribution in [-0.2, 0) is 33.0 Å². The number of rotatable bonds is 9. The predicted molar refractivity (Wildman–Crippen MR) is 168 cm³/mol. The van der Waals surface area contributed by atoms with Gasteiger partial charge in [0.2, 0.25) is 0 Å². The Morgan fingerprint density at radius 1 is 0.814 bits per heavy atom. The topological polar surface area (TPSA) is 86.1 Å². The van der Waals surface area contributed by atoms with E-state index in [4.69, 9.17) is 0 Å². The van der Waals surface area contributed by atoms with E-state index in [0.29, 0.717) is 37.2 Å². The van der Waals surface area contributed by atoms with Gasteiger partial charge >= 0.3 is 6.09 Å². The van der Waals surface area contributed by atoms with Crippen molar-refractivity contribution >= 4 is 17.9 Å². The van der Waals surface area contributed by atoms with Crippen LogP contribution in [0.15, 0.2) is 42.5 Å². The van der Waals surface area contributed by atoms with Crippen molar-refractivity contribution in [2.45, 2.75) is 72.4 Å². The van der Waals surface area contributed by atoms with Crippen molar-refractivity contribution in [3.8, 4) is 11.3 Å². The Kier molecular flexibility index (Phi) is 9.23. The quantitative estimate of drug-likeness (QED) is 0.321. The third-order valence-corrected chi connectivity index (χ3v) is 9.16. The van der Waals surface area contributed by atoms with E-state index in [0.717, 1.165) is 78.8 Å². The molecule has 3 aromatic rings. The number of carboxylic acid groups (broad SMARTS) is 1. The molecule has 2 aromatic carbocycles. The van der Waals surface area contributed by atoms with E-state index in [9.17, 15) is 19.5 Å². The molecule has 5 rings (SSSR count). The second-order valence-corrected chi connectivity index (χ2v) is 12.0. The van der Waals surface area contributed by atoms with Gasteiger partial charge in [-0.25, -0.2) is 4.79 Å². The second-order valence-electron chi connectivity index (χ2n) is 12.0. The number of carbonyl (C=O) groups excluding carboxylic acids is 2. The average Bonchev–Trinajstić information content (AvgIpc) is 3.32. The number of hydrogen-bond acceptors (Lipinski definition) is 3. The normalized spacial score (nSPS) is 14.3. The summed E-state index contributed by atoms with van der Waals surface area (Å²) in [5.41, 5.74) is 8.06. The summed E-state index contributed by atoms with van der Waals surface area (Å²) in [4.78, 5) is 45.2. The highest BCUT2D eigenvalue weighted by atomic mass is 16.4. The molecule has 8 heteroatoms. The Hall–Kier alpha value is -4.07. The van der Waals surface area contributed by atoms with Gasteiger partial charge in [0, 0.05) is 68.8 Å². The van der Waals surface area contributed by atoms with Crippen molar-refractivity contribution in [2.24, 2.45) is 7.05 Å². The molecule has 0 fully saturated rings. The molecule has 3 amide bonds. The lowest BCUT2D eigenvalue weighted by atomic mass is 9.91. The van der Waals surface area contributed by atoms with Crippen LogP contribution in [0, 0.1) is 6.92 Å². The second kappa shape index (κ2) is 13.1. The van der Waals surface area contributed by atoms with Gasteiger partial charge in [-0.2, -0.15) is 0 Å². The Labute approximate surface area is 254 Å². The van der Waals surface area contributed by atoms with Crippen LogP contribution >= 0.6 is 0 Å². The molecule has 1 aromatic heterocycles. The van der Waals surface area contributed by atoms with Crippen molar-refractivity contribution in [3.63, 3.8) is 0 Å². The molecule has 2 aliphatic heterocycles. The summed E-state index contributed by atoms with van der Waals surface area (Å²) in [6, 6.07) is 14.2. The third kappa shape index (κ3) is 6.19. The first kappa shape index (κ1) is 30.4. The zero-order valence-corrected chi connectivity index (χ0v) is 26.0. The van der Waals surface area contributed by atoms with Gasteiger partial charge in [-0.1, -0.05) is 51.0 Å². The minimum absolute atomic E-state index is 0.0387. The molecule has 0 aliphatic carbocycles. The number of unbranched alkanes of at least 4 members (excludes halogenated alkanes) is 2. The summed E-state index contributed by atoms with van der Waals surface area (Å²) >= 11 is 0. The van der Waals surface area contributed by atoms with Crippen molar-refractivity contribution < 1.29 is 19.5 Å². The van der Waals surface area contributed by atoms with Crippen LogP contribution in [0.5, 0.6) is 0 Å². The molecular formula is C35H44N4O4. The summed E-state index contributed by atoms with van der Waals surface area (Å²) in [5.74, 6) is -0.0316. The first-order chi connectivity index (χ1) is 20.7. The summed E-state index contributed by atoms with van der Waals surface area (Å²) in [6.07, 6.45) is 4.39. The fourth-order valence-electron chi connectivity index (χ4n) is 6.36. The Balaban J connectivity index is 1.57. The molecule has 0 spiro atoms. The molecule has 0 atom stereocenters. The van der Waals surface area contributed by atoms with Crippen LogP contribution in [0.25, 0.3) is 11.3 Å². The number of nitrogens with zero attached hydrogens (tertiary/aromatic N) is 4. The van der Waals surface area contributed by atoms with E-state index in [1.807, 2.05) is 52.6 Å². The maximum atomic E-state index is 14.3. The molecule has 0 radical (unpaired) electrons. The number of carbonyl (C=O) groups is 3. The van der Waals surface area contributed by atoms with Crippen LogP contribution in [0.1, 0.15) is 88.2 Å². The summed E-state index contributed by atoms with van der Waals surface area (Å²) < 4.78 is 2.03. The molecule has 8 nitrogen and oxygen atoms in total. The van der Waals surface area contributed by atoms with Gasteiger partial charge in [-0.3, -0.25) is 9.59 Å². The van der Waals surface area contributed by atoms with E-state index in [2.05, 4.69) is 32.0 Å². The highest BCUT2D eigenvalue weighted by Gasteiger charge is 2.30. The SMILES string of the molecule is CCCCN(CCCC)C(=O)c1cc(-c2cc3c(cc2C(=O)N2CCc4ccccc4C2)CN(C(=O)O)CC3)n(C)c1C. The standard InChI is InChI=1S/C35H44N4O4/c1-5-7-15-37(16-8-6-2)33(40)29-21-32(36(4)24(29)3)30-19-26-14-18-39(35(42)43)23-28(26)20-31(30)34(41)38-17-13-25-11-9-10-12-27(25)22-38/h9-12,19-21H,5-8,13-18,22-23H2,1-4H3,(H,42,43). The average molecular weight is 585 g/mol. The van der Waals surface area contributed by atoms with Gasteiger partial charge in [0.1, 0.15) is 0 Å².